The Morgan fingerprint density at radius 2 is 1.69 bits per heavy atom. The molecule has 0 heterocycles. The number of carbonyl (C=O) groups is 2. The third-order valence-electron chi connectivity index (χ3n) is 5.20. The molecule has 0 saturated carbocycles. The summed E-state index contributed by atoms with van der Waals surface area (Å²) in [5.74, 6) is -0.337. The number of benzene rings is 2. The SMILES string of the molecule is CC(CC(=O)NCCCN(C(=O)Nc1cccc(C(F)(F)F)c1)c1ccc(F)cc1)CC(C)(C)C. The quantitative estimate of drug-likeness (QED) is 0.295. The van der Waals surface area contributed by atoms with Crippen molar-refractivity contribution in [2.24, 2.45) is 11.3 Å². The van der Waals surface area contributed by atoms with Crippen molar-refractivity contribution in [3.05, 3.63) is 59.9 Å². The van der Waals surface area contributed by atoms with Crippen molar-refractivity contribution in [2.75, 3.05) is 23.3 Å². The molecule has 0 aliphatic carbocycles. The molecule has 0 aliphatic heterocycles. The van der Waals surface area contributed by atoms with Crippen LogP contribution in [0.5, 0.6) is 0 Å². The first-order valence-electron chi connectivity index (χ1n) is 11.5. The maximum atomic E-state index is 13.4. The summed E-state index contributed by atoms with van der Waals surface area (Å²) in [6, 6.07) is 8.86. The van der Waals surface area contributed by atoms with Crippen LogP contribution in [0.15, 0.2) is 48.5 Å². The third kappa shape index (κ3) is 9.96. The molecule has 192 valence electrons. The van der Waals surface area contributed by atoms with Crippen LogP contribution in [0, 0.1) is 17.2 Å². The normalized spacial score (nSPS) is 12.7. The van der Waals surface area contributed by atoms with Gasteiger partial charge in [0.1, 0.15) is 5.82 Å². The molecule has 9 heteroatoms. The highest BCUT2D eigenvalue weighted by Gasteiger charge is 2.30. The van der Waals surface area contributed by atoms with E-state index < -0.39 is 23.6 Å². The molecule has 0 aromatic heterocycles. The maximum absolute atomic E-state index is 13.4. The Kier molecular flexibility index (Phi) is 9.68. The van der Waals surface area contributed by atoms with Crippen molar-refractivity contribution < 1.29 is 27.2 Å². The molecule has 0 aliphatic rings. The van der Waals surface area contributed by atoms with Gasteiger partial charge in [-0.3, -0.25) is 9.69 Å². The van der Waals surface area contributed by atoms with E-state index in [1.165, 1.54) is 41.3 Å². The molecule has 35 heavy (non-hydrogen) atoms. The number of nitrogens with zero attached hydrogens (tertiary/aromatic N) is 1. The van der Waals surface area contributed by atoms with Gasteiger partial charge in [0, 0.05) is 30.9 Å². The topological polar surface area (TPSA) is 61.4 Å². The number of halogens is 4. The molecule has 2 N–H and O–H groups in total. The van der Waals surface area contributed by atoms with E-state index in [1.54, 1.807) is 0 Å². The number of urea groups is 1. The fourth-order valence-corrected chi connectivity index (χ4v) is 3.90. The van der Waals surface area contributed by atoms with E-state index in [-0.39, 0.29) is 29.5 Å². The highest BCUT2D eigenvalue weighted by atomic mass is 19.4. The van der Waals surface area contributed by atoms with Gasteiger partial charge in [-0.05, 0) is 66.6 Å². The fraction of sp³-hybridized carbons (Fsp3) is 0.462. The molecule has 1 unspecified atom stereocenters. The van der Waals surface area contributed by atoms with Crippen molar-refractivity contribution in [3.8, 4) is 0 Å². The second kappa shape index (κ2) is 12.0. The van der Waals surface area contributed by atoms with Gasteiger partial charge in [-0.25, -0.2) is 9.18 Å². The maximum Gasteiger partial charge on any atom is 0.416 e. The lowest BCUT2D eigenvalue weighted by molar-refractivity contribution is -0.137. The highest BCUT2D eigenvalue weighted by molar-refractivity contribution is 6.01. The number of hydrogen-bond donors (Lipinski definition) is 2. The predicted molar refractivity (Wildman–Crippen MR) is 130 cm³/mol. The second-order valence-electron chi connectivity index (χ2n) is 9.91. The average Bonchev–Trinajstić information content (AvgIpc) is 2.72. The Hall–Kier alpha value is -3.10. The molecule has 2 aromatic carbocycles. The Balaban J connectivity index is 2.00. The van der Waals surface area contributed by atoms with Crippen LogP contribution in [0.3, 0.4) is 0 Å². The van der Waals surface area contributed by atoms with Crippen LogP contribution in [0.1, 0.15) is 52.5 Å². The van der Waals surface area contributed by atoms with Gasteiger partial charge in [0.05, 0.1) is 5.56 Å². The van der Waals surface area contributed by atoms with Crippen molar-refractivity contribution >= 4 is 23.3 Å². The van der Waals surface area contributed by atoms with E-state index >= 15 is 0 Å². The summed E-state index contributed by atoms with van der Waals surface area (Å²) in [7, 11) is 0. The largest absolute Gasteiger partial charge is 0.416 e. The van der Waals surface area contributed by atoms with Gasteiger partial charge in [-0.15, -0.1) is 0 Å². The zero-order chi connectivity index (χ0) is 26.2. The van der Waals surface area contributed by atoms with Crippen molar-refractivity contribution in [1.29, 1.82) is 0 Å². The van der Waals surface area contributed by atoms with Crippen molar-refractivity contribution in [2.45, 2.75) is 53.1 Å². The number of alkyl halides is 3. The fourth-order valence-electron chi connectivity index (χ4n) is 3.90. The van der Waals surface area contributed by atoms with Gasteiger partial charge in [0.15, 0.2) is 0 Å². The second-order valence-corrected chi connectivity index (χ2v) is 9.91. The Morgan fingerprint density at radius 3 is 2.29 bits per heavy atom. The highest BCUT2D eigenvalue weighted by Crippen LogP contribution is 2.31. The number of carbonyl (C=O) groups excluding carboxylic acids is 2. The molecular formula is C26H33F4N3O2. The number of rotatable bonds is 9. The third-order valence-corrected chi connectivity index (χ3v) is 5.20. The van der Waals surface area contributed by atoms with Crippen LogP contribution in [0.2, 0.25) is 0 Å². The van der Waals surface area contributed by atoms with Crippen LogP contribution in [0.25, 0.3) is 0 Å². The number of anilines is 2. The average molecular weight is 496 g/mol. The lowest BCUT2D eigenvalue weighted by atomic mass is 9.84. The van der Waals surface area contributed by atoms with Gasteiger partial charge < -0.3 is 10.6 Å². The standard InChI is InChI=1S/C26H33F4N3O2/c1-18(17-25(2,3)4)15-23(34)31-13-6-14-33(22-11-9-20(27)10-12-22)24(35)32-21-8-5-7-19(16-21)26(28,29)30/h5,7-12,16,18H,6,13-15,17H2,1-4H3,(H,31,34)(H,32,35). The smallest absolute Gasteiger partial charge is 0.356 e. The summed E-state index contributed by atoms with van der Waals surface area (Å²) in [6.45, 7) is 8.87. The van der Waals surface area contributed by atoms with Gasteiger partial charge in [-0.2, -0.15) is 13.2 Å². The molecule has 0 spiro atoms. The molecule has 1 atom stereocenters. The summed E-state index contributed by atoms with van der Waals surface area (Å²) in [5, 5.41) is 5.32. The molecule has 2 aromatic rings. The number of hydrogen-bond acceptors (Lipinski definition) is 2. The van der Waals surface area contributed by atoms with E-state index in [1.807, 2.05) is 6.92 Å². The Morgan fingerprint density at radius 1 is 1.03 bits per heavy atom. The van der Waals surface area contributed by atoms with Crippen LogP contribution in [0.4, 0.5) is 33.7 Å². The lowest BCUT2D eigenvalue weighted by Gasteiger charge is -2.24. The first-order valence-corrected chi connectivity index (χ1v) is 11.5. The molecule has 0 bridgehead atoms. The van der Waals surface area contributed by atoms with Crippen LogP contribution < -0.4 is 15.5 Å². The minimum Gasteiger partial charge on any atom is -0.356 e. The van der Waals surface area contributed by atoms with Gasteiger partial charge in [0.2, 0.25) is 5.91 Å². The summed E-state index contributed by atoms with van der Waals surface area (Å²) in [6.07, 6.45) is -2.84. The van der Waals surface area contributed by atoms with E-state index in [0.717, 1.165) is 18.6 Å². The zero-order valence-electron chi connectivity index (χ0n) is 20.5. The molecule has 0 fully saturated rings. The van der Waals surface area contributed by atoms with E-state index in [9.17, 15) is 27.2 Å². The van der Waals surface area contributed by atoms with Gasteiger partial charge >= 0.3 is 12.2 Å². The summed E-state index contributed by atoms with van der Waals surface area (Å²) >= 11 is 0. The van der Waals surface area contributed by atoms with Crippen molar-refractivity contribution in [3.63, 3.8) is 0 Å². The van der Waals surface area contributed by atoms with Crippen LogP contribution in [-0.2, 0) is 11.0 Å². The predicted octanol–water partition coefficient (Wildman–Crippen LogP) is 6.85. The van der Waals surface area contributed by atoms with Gasteiger partial charge in [0.25, 0.3) is 0 Å². The van der Waals surface area contributed by atoms with Crippen LogP contribution in [-0.4, -0.2) is 25.0 Å². The van der Waals surface area contributed by atoms with Gasteiger partial charge in [-0.1, -0.05) is 33.8 Å². The summed E-state index contributed by atoms with van der Waals surface area (Å²) in [5.41, 5.74) is -0.395. The van der Waals surface area contributed by atoms with Crippen LogP contribution >= 0.6 is 0 Å². The Bertz CT molecular complexity index is 985. The summed E-state index contributed by atoms with van der Waals surface area (Å²) < 4.78 is 52.4. The van der Waals surface area contributed by atoms with E-state index in [2.05, 4.69) is 31.4 Å². The van der Waals surface area contributed by atoms with E-state index in [4.69, 9.17) is 0 Å². The Labute approximate surface area is 203 Å². The minimum atomic E-state index is -4.54. The molecule has 3 amide bonds. The monoisotopic (exact) mass is 495 g/mol. The molecule has 0 saturated heterocycles. The van der Waals surface area contributed by atoms with Crippen molar-refractivity contribution in [1.82, 2.24) is 5.32 Å². The molecule has 0 radical (unpaired) electrons. The lowest BCUT2D eigenvalue weighted by Crippen LogP contribution is -2.37. The first-order chi connectivity index (χ1) is 16.2. The molecular weight excluding hydrogens is 462 g/mol. The minimum absolute atomic E-state index is 0.0157. The number of nitrogens with one attached hydrogen (secondary N) is 2. The first kappa shape index (κ1) is 28.1. The molecule has 5 nitrogen and oxygen atoms in total. The number of amides is 3. The summed E-state index contributed by atoms with van der Waals surface area (Å²) in [4.78, 5) is 26.5. The van der Waals surface area contributed by atoms with E-state index in [0.29, 0.717) is 25.1 Å². The zero-order valence-corrected chi connectivity index (χ0v) is 20.5. The molecule has 2 rings (SSSR count).